The summed E-state index contributed by atoms with van der Waals surface area (Å²) >= 11 is 14.6. The predicted octanol–water partition coefficient (Wildman–Crippen LogP) is 30.0. The maximum atomic E-state index is 5.40. The Balaban J connectivity index is 3.08. The second-order valence-electron chi connectivity index (χ2n) is 3.88. The van der Waals surface area contributed by atoms with Crippen LogP contribution in [0.25, 0.3) is 0 Å². The first kappa shape index (κ1) is 68.8. The fraction of sp³-hybridized carbons (Fsp3) is 1.00. The van der Waals surface area contributed by atoms with Crippen LogP contribution in [-0.2, 0) is 33.0 Å². The number of rotatable bonds is 47. The molecule has 0 aliphatic carbocycles. The maximum Gasteiger partial charge on any atom is 0.0820 e. The Hall–Kier alpha value is 16.8. The van der Waals surface area contributed by atoms with Crippen molar-refractivity contribution >= 4 is 483 Å². The summed E-state index contributed by atoms with van der Waals surface area (Å²) in [6, 6.07) is 0. The molecule has 0 aromatic rings. The highest BCUT2D eigenvalue weighted by molar-refractivity contribution is 9.63. The van der Waals surface area contributed by atoms with Crippen molar-refractivity contribution in [3.05, 3.63) is 0 Å². The van der Waals surface area contributed by atoms with E-state index in [1.54, 1.807) is 138 Å². The van der Waals surface area contributed by atoms with Gasteiger partial charge in [-0.25, -0.2) is 0 Å². The fourth-order valence-electron chi connectivity index (χ4n) is 0.687. The van der Waals surface area contributed by atoms with Crippen molar-refractivity contribution in [3.8, 4) is 0 Å². The van der Waals surface area contributed by atoms with Crippen molar-refractivity contribution in [1.29, 1.82) is 0 Å². The summed E-state index contributed by atoms with van der Waals surface area (Å²) < 4.78 is 5.40. The molecule has 0 radical (unpaired) electrons. The van der Waals surface area contributed by atoms with Gasteiger partial charge in [0.1, 0.15) is 0 Å². The highest BCUT2D eigenvalue weighted by Crippen LogP contribution is 2.68. The van der Waals surface area contributed by atoms with Crippen LogP contribution in [0.4, 0.5) is 0 Å². The molecule has 0 bridgehead atoms. The van der Waals surface area contributed by atoms with E-state index < -0.39 is 6.46 Å². The van der Waals surface area contributed by atoms with Gasteiger partial charge in [0, 0.05) is 364 Å². The molecule has 0 N–H and O–H groups in total. The van der Waals surface area contributed by atoms with Crippen molar-refractivity contribution in [3.63, 3.8) is 0 Å². The average Bonchev–Trinajstić information content (AvgIpc) is 3.13. The van der Waals surface area contributed by atoms with Crippen LogP contribution in [0.5, 0.6) is 0 Å². The molecule has 1 nitrogen and oxygen atoms in total. The van der Waals surface area contributed by atoms with Gasteiger partial charge < -0.3 is 4.18 Å². The Kier molecular flexibility index (Phi) is 82.3. The molecule has 0 saturated carbocycles. The van der Waals surface area contributed by atoms with Gasteiger partial charge in [0.2, 0.25) is 0 Å². The van der Waals surface area contributed by atoms with Gasteiger partial charge >= 0.3 is 0 Å². The molecule has 0 aromatic carbocycles. The molecule has 0 saturated heterocycles. The van der Waals surface area contributed by atoms with E-state index >= 15 is 0 Å². The summed E-state index contributed by atoms with van der Waals surface area (Å²) in [7, 11) is 80.3. The van der Waals surface area contributed by atoms with Crippen molar-refractivity contribution in [2.24, 2.45) is 0 Å². The molecule has 0 heterocycles. The van der Waals surface area contributed by atoms with Crippen LogP contribution in [0.2, 0.25) is 0 Å². The van der Waals surface area contributed by atoms with E-state index in [0.717, 1.165) is 0 Å². The third kappa shape index (κ3) is 63.0. The summed E-state index contributed by atoms with van der Waals surface area (Å²) in [5, 5.41) is 0. The highest BCUT2D eigenvalue weighted by atomic mass is 34.1. The zero-order valence-corrected chi connectivity index (χ0v) is 62.2. The van der Waals surface area contributed by atoms with Crippen LogP contribution in [0.3, 0.4) is 0 Å². The summed E-state index contributed by atoms with van der Waals surface area (Å²) in [5.41, 5.74) is 0. The molecule has 0 aliphatic heterocycles. The largest absolute Gasteiger partial charge is 0.302 e. The molecule has 0 rings (SSSR count). The minimum Gasteiger partial charge on any atom is -0.302 e. The molecule has 0 aromatic heterocycles. The first-order valence-corrected chi connectivity index (χ1v) is 73.6. The van der Waals surface area contributed by atoms with Crippen molar-refractivity contribution in [1.82, 2.24) is 0 Å². The molecule has 0 spiro atoms. The van der Waals surface area contributed by atoms with E-state index in [9.17, 15) is 0 Å². The van der Waals surface area contributed by atoms with Crippen molar-refractivity contribution < 1.29 is 4.18 Å². The van der Waals surface area contributed by atoms with E-state index in [1.807, 2.05) is 292 Å². The van der Waals surface area contributed by atoms with Crippen LogP contribution in [0.1, 0.15) is 6.92 Å². The van der Waals surface area contributed by atoms with E-state index in [2.05, 4.69) is 11.7 Å². The Morgan fingerprint density at radius 3 is 0.615 bits per heavy atom. The van der Waals surface area contributed by atoms with Crippen LogP contribution in [0.15, 0.2) is 0 Å². The van der Waals surface area contributed by atoms with Gasteiger partial charge in [0.05, 0.1) is 13.1 Å². The predicted molar refractivity (Wildman–Crippen MR) is 384 cm³/mol. The smallest absolute Gasteiger partial charge is 0.0820 e. The first-order valence-electron chi connectivity index (χ1n) is 9.18. The maximum absolute atomic E-state index is 5.40. The number of thiol groups is 1. The van der Waals surface area contributed by atoms with E-state index in [-0.39, 0.29) is 0 Å². The van der Waals surface area contributed by atoms with Crippen LogP contribution in [0, 0.1) is 0 Å². The summed E-state index contributed by atoms with van der Waals surface area (Å²) in [6.07, 6.45) is 0. The lowest BCUT2D eigenvalue weighted by Crippen LogP contribution is -1.93. The van der Waals surface area contributed by atoms with Crippen LogP contribution in [-0.4, -0.2) is 6.61 Å². The van der Waals surface area contributed by atoms with E-state index in [4.69, 9.17) is 26.6 Å². The third-order valence-corrected chi connectivity index (χ3v) is 106. The topological polar surface area (TPSA) is 9.23 Å². The lowest BCUT2D eigenvalue weighted by atomic mass is 10.9. The zero-order chi connectivity index (χ0) is 37.7. The minimum atomic E-state index is -1.81. The molecule has 0 atom stereocenters. The number of hydrogen-bond acceptors (Lipinski definition) is 49. The van der Waals surface area contributed by atoms with Gasteiger partial charge in [-0.05, 0) is 108 Å². The zero-order valence-electron chi connectivity index (χ0n) is 22.2. The second-order valence-corrected chi connectivity index (χ2v) is 90.8. The number of hydrogen-bond donors (Lipinski definition) is 1. The molecule has 0 fully saturated rings. The van der Waals surface area contributed by atoms with Gasteiger partial charge in [0.15, 0.2) is 0 Å². The fourth-order valence-corrected chi connectivity index (χ4v) is 127. The Labute approximate surface area is 487 Å². The Morgan fingerprint density at radius 2 is 0.462 bits per heavy atom. The second kappa shape index (κ2) is 62.1. The van der Waals surface area contributed by atoms with Gasteiger partial charge in [0.25, 0.3) is 0 Å². The monoisotopic (exact) mass is 1610 g/mol. The van der Waals surface area contributed by atoms with E-state index in [0.29, 0.717) is 6.61 Å². The normalized spacial score (nSPS) is 12.0. The van der Waals surface area contributed by atoms with E-state index in [1.165, 1.54) is 19.7 Å². The Morgan fingerprint density at radius 1 is 0.308 bits per heavy atom. The minimum absolute atomic E-state index is 0.581. The van der Waals surface area contributed by atoms with Crippen molar-refractivity contribution in [2.45, 2.75) is 6.92 Å². The molecule has 0 unspecified atom stereocenters. The van der Waals surface area contributed by atoms with Gasteiger partial charge in [-0.2, -0.15) is 0 Å². The summed E-state index contributed by atoms with van der Waals surface area (Å²) in [6.45, 7) is 0.697. The average molecular weight is 1620 g/mol. The summed E-state index contributed by atoms with van der Waals surface area (Å²) in [5.74, 6) is 0. The Bertz CT molecular complexity index is 732. The van der Waals surface area contributed by atoms with Crippen LogP contribution >= 0.6 is 454 Å². The molecule has 314 valence electrons. The van der Waals surface area contributed by atoms with Gasteiger partial charge in [-0.3, -0.25) is 0 Å². The molecular weight excluding hydrogens is 1610 g/mol. The lowest BCUT2D eigenvalue weighted by molar-refractivity contribution is 0.402. The molecule has 50 heteroatoms. The highest BCUT2D eigenvalue weighted by Gasteiger charge is 2.06. The first-order chi connectivity index (χ1) is 25.6. The van der Waals surface area contributed by atoms with Gasteiger partial charge in [-0.1, -0.05) is 11.7 Å². The third-order valence-electron chi connectivity index (χ3n) is 1.57. The van der Waals surface area contributed by atoms with Crippen LogP contribution < -0.4 is 0 Å². The molecule has 0 aliphatic rings. The SMILES string of the molecule is CCOS(=S)(=S)SSSSSSSSSSSSSSSSSSSSSSSSSSSSSSSSSSSSSSSSSSSSSS. The molecule has 52 heavy (non-hydrogen) atoms. The lowest BCUT2D eigenvalue weighted by Gasteiger charge is -2.06. The quantitative estimate of drug-likeness (QED) is 0.0352. The molecule has 0 amide bonds. The standard InChI is InChI=1S/C2H6OS49/c1-2-3-52(5,6)51-50-49-48-47-46-45-44-43-42-41-40-39-38-37-36-35-34-33-32-31-30-29-28-27-26-25-24-23-22-21-20-19-18-17-16-15-14-13-12-11-10-9-8-7-4/h4H,2H2,1H3. The van der Waals surface area contributed by atoms with Crippen molar-refractivity contribution in [2.75, 3.05) is 6.61 Å². The van der Waals surface area contributed by atoms with Gasteiger partial charge in [-0.15, -0.1) is 0 Å². The summed E-state index contributed by atoms with van der Waals surface area (Å²) in [4.78, 5) is 0. The molecular formula is C2H6OS49.